The molecule has 0 saturated heterocycles. The highest BCUT2D eigenvalue weighted by Gasteiger charge is 2.26. The average molecular weight is 433 g/mol. The van der Waals surface area contributed by atoms with Crippen molar-refractivity contribution in [2.75, 3.05) is 13.2 Å². The SMILES string of the molecule is CCCOc1c(OCCC)c(OC(=O)c2ccc(F)cc2)c2ccc(Cl)cc2c1O. The third-order valence-electron chi connectivity index (χ3n) is 4.28. The van der Waals surface area contributed by atoms with Crippen molar-refractivity contribution in [1.82, 2.24) is 0 Å². The Hall–Kier alpha value is -2.99. The van der Waals surface area contributed by atoms with Gasteiger partial charge in [-0.25, -0.2) is 9.18 Å². The first-order valence-corrected chi connectivity index (χ1v) is 10.1. The Morgan fingerprint density at radius 3 is 2.20 bits per heavy atom. The van der Waals surface area contributed by atoms with Gasteiger partial charge in [-0.1, -0.05) is 25.4 Å². The van der Waals surface area contributed by atoms with E-state index in [9.17, 15) is 14.3 Å². The third-order valence-corrected chi connectivity index (χ3v) is 4.52. The smallest absolute Gasteiger partial charge is 0.343 e. The van der Waals surface area contributed by atoms with Crippen LogP contribution < -0.4 is 14.2 Å². The van der Waals surface area contributed by atoms with Gasteiger partial charge in [-0.15, -0.1) is 0 Å². The molecule has 0 aromatic heterocycles. The van der Waals surface area contributed by atoms with Gasteiger partial charge in [0.05, 0.1) is 18.8 Å². The van der Waals surface area contributed by atoms with Crippen LogP contribution in [-0.4, -0.2) is 24.3 Å². The van der Waals surface area contributed by atoms with E-state index >= 15 is 0 Å². The van der Waals surface area contributed by atoms with E-state index in [-0.39, 0.29) is 28.6 Å². The zero-order valence-corrected chi connectivity index (χ0v) is 17.5. The van der Waals surface area contributed by atoms with Crippen molar-refractivity contribution < 1.29 is 28.5 Å². The number of rotatable bonds is 8. The van der Waals surface area contributed by atoms with Crippen molar-refractivity contribution in [3.8, 4) is 23.0 Å². The number of fused-ring (bicyclic) bond motifs is 1. The van der Waals surface area contributed by atoms with E-state index in [1.165, 1.54) is 24.3 Å². The lowest BCUT2D eigenvalue weighted by molar-refractivity contribution is 0.0729. The van der Waals surface area contributed by atoms with Crippen molar-refractivity contribution in [3.63, 3.8) is 0 Å². The van der Waals surface area contributed by atoms with E-state index in [2.05, 4.69) is 0 Å². The molecular weight excluding hydrogens is 411 g/mol. The summed E-state index contributed by atoms with van der Waals surface area (Å²) in [5.41, 5.74) is 0.170. The molecule has 30 heavy (non-hydrogen) atoms. The molecule has 0 aliphatic rings. The number of ether oxygens (including phenoxy) is 3. The third kappa shape index (κ3) is 4.60. The first-order valence-electron chi connectivity index (χ1n) is 9.67. The first-order chi connectivity index (χ1) is 14.5. The summed E-state index contributed by atoms with van der Waals surface area (Å²) in [6.07, 6.45) is 1.39. The van der Waals surface area contributed by atoms with E-state index in [4.69, 9.17) is 25.8 Å². The highest BCUT2D eigenvalue weighted by molar-refractivity contribution is 6.31. The fourth-order valence-corrected chi connectivity index (χ4v) is 3.05. The molecule has 0 unspecified atom stereocenters. The average Bonchev–Trinajstić information content (AvgIpc) is 2.74. The summed E-state index contributed by atoms with van der Waals surface area (Å²) in [6, 6.07) is 9.83. The standard InChI is InChI=1S/C23H22ClFO5/c1-3-11-28-21-19(26)18-13-15(24)7-10-17(18)20(22(21)29-12-4-2)30-23(27)14-5-8-16(25)9-6-14/h5-10,13,26H,3-4,11-12H2,1-2H3. The van der Waals surface area contributed by atoms with Crippen molar-refractivity contribution in [1.29, 1.82) is 0 Å². The molecule has 0 amide bonds. The summed E-state index contributed by atoms with van der Waals surface area (Å²) in [6.45, 7) is 4.50. The van der Waals surface area contributed by atoms with Gasteiger partial charge in [0.25, 0.3) is 0 Å². The molecule has 5 nitrogen and oxygen atoms in total. The Labute approximate surface area is 178 Å². The normalized spacial score (nSPS) is 10.8. The molecule has 0 radical (unpaired) electrons. The highest BCUT2D eigenvalue weighted by Crippen LogP contribution is 2.51. The number of carbonyl (C=O) groups is 1. The highest BCUT2D eigenvalue weighted by atomic mass is 35.5. The minimum Gasteiger partial charge on any atom is -0.504 e. The molecule has 0 atom stereocenters. The summed E-state index contributed by atoms with van der Waals surface area (Å²) in [5.74, 6) is -0.977. The maximum atomic E-state index is 13.2. The molecule has 0 bridgehead atoms. The number of phenolic OH excluding ortho intramolecular Hbond substituents is 1. The minimum atomic E-state index is -0.695. The molecule has 158 valence electrons. The molecule has 7 heteroatoms. The Balaban J connectivity index is 2.18. The van der Waals surface area contributed by atoms with Crippen LogP contribution in [0, 0.1) is 5.82 Å². The van der Waals surface area contributed by atoms with Crippen LogP contribution in [0.3, 0.4) is 0 Å². The minimum absolute atomic E-state index is 0.0852. The maximum absolute atomic E-state index is 13.2. The molecule has 3 rings (SSSR count). The zero-order valence-electron chi connectivity index (χ0n) is 16.7. The van der Waals surface area contributed by atoms with Crippen LogP contribution in [0.4, 0.5) is 4.39 Å². The Morgan fingerprint density at radius 1 is 0.933 bits per heavy atom. The second-order valence-corrected chi connectivity index (χ2v) is 7.06. The lowest BCUT2D eigenvalue weighted by Crippen LogP contribution is -2.11. The molecule has 0 spiro atoms. The van der Waals surface area contributed by atoms with Gasteiger partial charge in [0.15, 0.2) is 11.5 Å². The van der Waals surface area contributed by atoms with Gasteiger partial charge in [-0.3, -0.25) is 0 Å². The lowest BCUT2D eigenvalue weighted by Gasteiger charge is -2.20. The Kier molecular flexibility index (Phi) is 7.00. The number of halogens is 2. The quantitative estimate of drug-likeness (QED) is 0.342. The molecule has 0 aliphatic carbocycles. The topological polar surface area (TPSA) is 65.0 Å². The Morgan fingerprint density at radius 2 is 1.57 bits per heavy atom. The molecule has 3 aromatic rings. The molecule has 0 heterocycles. The van der Waals surface area contributed by atoms with Gasteiger partial charge in [0.2, 0.25) is 11.5 Å². The van der Waals surface area contributed by atoms with E-state index < -0.39 is 11.8 Å². The fraction of sp³-hybridized carbons (Fsp3) is 0.261. The summed E-state index contributed by atoms with van der Waals surface area (Å²) >= 11 is 6.11. The molecule has 0 saturated carbocycles. The van der Waals surface area contributed by atoms with Crippen LogP contribution in [-0.2, 0) is 0 Å². The molecule has 1 N–H and O–H groups in total. The van der Waals surface area contributed by atoms with Gasteiger partial charge < -0.3 is 19.3 Å². The number of benzene rings is 3. The number of aromatic hydroxyl groups is 1. The van der Waals surface area contributed by atoms with Crippen molar-refractivity contribution in [3.05, 3.63) is 58.9 Å². The van der Waals surface area contributed by atoms with Gasteiger partial charge in [-0.05, 0) is 55.3 Å². The number of hydrogen-bond donors (Lipinski definition) is 1. The van der Waals surface area contributed by atoms with Crippen molar-refractivity contribution in [2.45, 2.75) is 26.7 Å². The zero-order chi connectivity index (χ0) is 21.7. The lowest BCUT2D eigenvalue weighted by atomic mass is 10.1. The summed E-state index contributed by atoms with van der Waals surface area (Å²) in [5, 5.41) is 12.0. The number of carbonyl (C=O) groups excluding carboxylic acids is 1. The fourth-order valence-electron chi connectivity index (χ4n) is 2.88. The molecule has 3 aromatic carbocycles. The molecule has 0 fully saturated rings. The maximum Gasteiger partial charge on any atom is 0.343 e. The molecular formula is C23H22ClFO5. The van der Waals surface area contributed by atoms with E-state index in [1.807, 2.05) is 13.8 Å². The van der Waals surface area contributed by atoms with Gasteiger partial charge in [0, 0.05) is 15.8 Å². The second kappa shape index (κ2) is 9.67. The number of hydrogen-bond acceptors (Lipinski definition) is 5. The summed E-state index contributed by atoms with van der Waals surface area (Å²) in [4.78, 5) is 12.7. The van der Waals surface area contributed by atoms with E-state index in [1.54, 1.807) is 18.2 Å². The number of phenols is 1. The second-order valence-electron chi connectivity index (χ2n) is 6.62. The summed E-state index contributed by atoms with van der Waals surface area (Å²) in [7, 11) is 0. The monoisotopic (exact) mass is 432 g/mol. The van der Waals surface area contributed by atoms with Gasteiger partial charge in [0.1, 0.15) is 5.82 Å². The number of esters is 1. The van der Waals surface area contributed by atoms with Crippen LogP contribution in [0.5, 0.6) is 23.0 Å². The van der Waals surface area contributed by atoms with Crippen LogP contribution in [0.25, 0.3) is 10.8 Å². The van der Waals surface area contributed by atoms with Crippen LogP contribution >= 0.6 is 11.6 Å². The Bertz CT molecular complexity index is 1050. The molecule has 0 aliphatic heterocycles. The predicted molar refractivity (Wildman–Crippen MR) is 114 cm³/mol. The van der Waals surface area contributed by atoms with E-state index in [0.717, 1.165) is 0 Å². The first kappa shape index (κ1) is 21.7. The van der Waals surface area contributed by atoms with E-state index in [0.29, 0.717) is 41.9 Å². The van der Waals surface area contributed by atoms with Gasteiger partial charge >= 0.3 is 5.97 Å². The van der Waals surface area contributed by atoms with Crippen LogP contribution in [0.15, 0.2) is 42.5 Å². The predicted octanol–water partition coefficient (Wildman–Crippen LogP) is 6.13. The van der Waals surface area contributed by atoms with Crippen molar-refractivity contribution >= 4 is 28.3 Å². The largest absolute Gasteiger partial charge is 0.504 e. The van der Waals surface area contributed by atoms with Crippen LogP contribution in [0.2, 0.25) is 5.02 Å². The van der Waals surface area contributed by atoms with Crippen molar-refractivity contribution in [2.24, 2.45) is 0 Å². The summed E-state index contributed by atoms with van der Waals surface area (Å²) < 4.78 is 30.5. The van der Waals surface area contributed by atoms with Crippen LogP contribution in [0.1, 0.15) is 37.0 Å². The van der Waals surface area contributed by atoms with Gasteiger partial charge in [-0.2, -0.15) is 0 Å².